The van der Waals surface area contributed by atoms with Crippen LogP contribution >= 0.6 is 0 Å². The Kier molecular flexibility index (Phi) is 7.01. The summed E-state index contributed by atoms with van der Waals surface area (Å²) >= 11 is 0. The average Bonchev–Trinajstić information content (AvgIpc) is 2.90. The molecule has 0 radical (unpaired) electrons. The van der Waals surface area contributed by atoms with Crippen LogP contribution in [0.4, 0.5) is 11.5 Å². The Morgan fingerprint density at radius 3 is 2.94 bits per heavy atom. The Hall–Kier alpha value is -4.09. The Bertz CT molecular complexity index is 1350. The lowest BCUT2D eigenvalue weighted by Gasteiger charge is -2.37. The van der Waals surface area contributed by atoms with Crippen LogP contribution < -0.4 is 14.8 Å². The zero-order valence-electron chi connectivity index (χ0n) is 20.6. The number of rotatable bonds is 8. The molecule has 1 atom stereocenters. The molecular weight excluding hydrogens is 452 g/mol. The molecule has 0 bridgehead atoms. The predicted molar refractivity (Wildman–Crippen MR) is 143 cm³/mol. The van der Waals surface area contributed by atoms with E-state index in [1.807, 2.05) is 42.7 Å². The number of aliphatic imine (C=N–C) groups is 1. The molecule has 1 unspecified atom stereocenters. The molecule has 2 aliphatic rings. The van der Waals surface area contributed by atoms with Gasteiger partial charge in [0.2, 0.25) is 0 Å². The van der Waals surface area contributed by atoms with Crippen molar-refractivity contribution < 1.29 is 9.47 Å². The van der Waals surface area contributed by atoms with Gasteiger partial charge in [-0.15, -0.1) is 6.42 Å². The number of aromatic nitrogens is 2. The molecule has 1 saturated heterocycles. The maximum atomic E-state index is 6.18. The fourth-order valence-electron chi connectivity index (χ4n) is 4.50. The number of nitrogens with zero attached hydrogens (tertiary/aromatic N) is 5. The number of benzene rings is 2. The van der Waals surface area contributed by atoms with Gasteiger partial charge >= 0.3 is 0 Å². The molecule has 2 aromatic carbocycles. The lowest BCUT2D eigenvalue weighted by atomic mass is 10.1. The van der Waals surface area contributed by atoms with Crippen LogP contribution in [-0.2, 0) is 0 Å². The number of fused-ring (bicyclic) bond motifs is 2. The minimum Gasteiger partial charge on any atom is -0.493 e. The Morgan fingerprint density at radius 2 is 2.08 bits per heavy atom. The molecule has 0 amide bonds. The molecule has 5 rings (SSSR count). The summed E-state index contributed by atoms with van der Waals surface area (Å²) in [7, 11) is 1.64. The van der Waals surface area contributed by atoms with Crippen LogP contribution in [0.5, 0.6) is 11.5 Å². The van der Waals surface area contributed by atoms with Crippen molar-refractivity contribution in [3.05, 3.63) is 60.1 Å². The first kappa shape index (κ1) is 23.6. The van der Waals surface area contributed by atoms with Gasteiger partial charge in [-0.2, -0.15) is 0 Å². The second-order valence-electron chi connectivity index (χ2n) is 8.93. The molecular formula is C28H30N6O2. The molecule has 8 heteroatoms. The predicted octanol–water partition coefficient (Wildman–Crippen LogP) is 4.06. The SMILES string of the molecule is C#Cc1cccc(Nc2ncnc3cc(OC)c(OCCCN4CCN5C=NC(C)C=C5C4)cc23)c1. The summed E-state index contributed by atoms with van der Waals surface area (Å²) < 4.78 is 11.8. The minimum atomic E-state index is 0.254. The van der Waals surface area contributed by atoms with Crippen molar-refractivity contribution in [2.45, 2.75) is 19.4 Å². The smallest absolute Gasteiger partial charge is 0.162 e. The number of hydrogen-bond donors (Lipinski definition) is 1. The zero-order chi connectivity index (χ0) is 24.9. The highest BCUT2D eigenvalue weighted by Gasteiger charge is 2.22. The van der Waals surface area contributed by atoms with E-state index in [1.54, 1.807) is 7.11 Å². The maximum Gasteiger partial charge on any atom is 0.162 e. The first-order valence-electron chi connectivity index (χ1n) is 12.1. The van der Waals surface area contributed by atoms with Gasteiger partial charge in [-0.3, -0.25) is 9.89 Å². The van der Waals surface area contributed by atoms with Crippen LogP contribution in [0.15, 0.2) is 59.5 Å². The van der Waals surface area contributed by atoms with Crippen LogP contribution in [0.1, 0.15) is 18.9 Å². The molecule has 2 aliphatic heterocycles. The molecule has 1 aromatic heterocycles. The summed E-state index contributed by atoms with van der Waals surface area (Å²) in [6.45, 7) is 6.60. The van der Waals surface area contributed by atoms with Gasteiger partial charge < -0.3 is 19.7 Å². The van der Waals surface area contributed by atoms with Crippen molar-refractivity contribution >= 4 is 28.7 Å². The van der Waals surface area contributed by atoms with Crippen molar-refractivity contribution in [3.8, 4) is 23.8 Å². The third-order valence-electron chi connectivity index (χ3n) is 6.38. The number of anilines is 2. The van der Waals surface area contributed by atoms with E-state index < -0.39 is 0 Å². The van der Waals surface area contributed by atoms with E-state index in [2.05, 4.69) is 49.0 Å². The number of terminal acetylenes is 1. The largest absolute Gasteiger partial charge is 0.493 e. The van der Waals surface area contributed by atoms with Crippen LogP contribution in [0, 0.1) is 12.3 Å². The summed E-state index contributed by atoms with van der Waals surface area (Å²) in [5.41, 5.74) is 3.76. The van der Waals surface area contributed by atoms with Gasteiger partial charge in [-0.05, 0) is 43.7 Å². The maximum absolute atomic E-state index is 6.18. The summed E-state index contributed by atoms with van der Waals surface area (Å²) in [5, 5.41) is 4.20. The number of piperazine rings is 1. The van der Waals surface area contributed by atoms with Gasteiger partial charge in [0.25, 0.3) is 0 Å². The number of nitrogens with one attached hydrogen (secondary N) is 1. The molecule has 184 valence electrons. The van der Waals surface area contributed by atoms with Crippen molar-refractivity contribution in [1.29, 1.82) is 0 Å². The first-order valence-corrected chi connectivity index (χ1v) is 12.1. The van der Waals surface area contributed by atoms with E-state index in [0.29, 0.717) is 23.9 Å². The van der Waals surface area contributed by atoms with Crippen LogP contribution in [0.2, 0.25) is 0 Å². The normalized spacial score (nSPS) is 17.3. The standard InChI is InChI=1S/C28H30N6O2/c1-4-21-7-5-8-22(14-21)32-28-24-15-27(26(35-3)16-25(24)29-18-30-28)36-12-6-9-33-10-11-34-19-31-20(2)13-23(34)17-33/h1,5,7-8,13-16,18-20H,6,9-12,17H2,2-3H3,(H,29,30,32). The van der Waals surface area contributed by atoms with E-state index in [1.165, 1.54) is 12.0 Å². The van der Waals surface area contributed by atoms with E-state index in [-0.39, 0.29) is 6.04 Å². The summed E-state index contributed by atoms with van der Waals surface area (Å²) in [4.78, 5) is 18.1. The molecule has 3 heterocycles. The Morgan fingerprint density at radius 1 is 1.17 bits per heavy atom. The van der Waals surface area contributed by atoms with Crippen molar-refractivity contribution in [3.63, 3.8) is 0 Å². The molecule has 3 aromatic rings. The van der Waals surface area contributed by atoms with Crippen LogP contribution in [-0.4, -0.2) is 72.0 Å². The van der Waals surface area contributed by atoms with Crippen molar-refractivity contribution in [2.24, 2.45) is 4.99 Å². The molecule has 36 heavy (non-hydrogen) atoms. The second-order valence-corrected chi connectivity index (χ2v) is 8.93. The van der Waals surface area contributed by atoms with Crippen molar-refractivity contribution in [1.82, 2.24) is 19.8 Å². The number of hydrogen-bond acceptors (Lipinski definition) is 8. The fraction of sp³-hybridized carbons (Fsp3) is 0.321. The third-order valence-corrected chi connectivity index (χ3v) is 6.38. The average molecular weight is 483 g/mol. The van der Waals surface area contributed by atoms with Crippen LogP contribution in [0.3, 0.4) is 0 Å². The zero-order valence-corrected chi connectivity index (χ0v) is 20.6. The topological polar surface area (TPSA) is 75.1 Å². The highest BCUT2D eigenvalue weighted by Crippen LogP contribution is 2.35. The van der Waals surface area contributed by atoms with Gasteiger partial charge in [0, 0.05) is 54.6 Å². The number of ether oxygens (including phenoxy) is 2. The molecule has 0 aliphatic carbocycles. The molecule has 0 saturated carbocycles. The Labute approximate surface area is 211 Å². The molecule has 0 spiro atoms. The Balaban J connectivity index is 1.25. The highest BCUT2D eigenvalue weighted by molar-refractivity contribution is 5.93. The van der Waals surface area contributed by atoms with Gasteiger partial charge in [-0.1, -0.05) is 12.0 Å². The minimum absolute atomic E-state index is 0.254. The van der Waals surface area contributed by atoms with Gasteiger partial charge in [-0.25, -0.2) is 9.97 Å². The molecule has 1 N–H and O–H groups in total. The van der Waals surface area contributed by atoms with E-state index in [4.69, 9.17) is 15.9 Å². The fourth-order valence-corrected chi connectivity index (χ4v) is 4.50. The monoisotopic (exact) mass is 482 g/mol. The lowest BCUT2D eigenvalue weighted by molar-refractivity contribution is 0.198. The van der Waals surface area contributed by atoms with E-state index >= 15 is 0 Å². The number of methoxy groups -OCH3 is 1. The molecule has 1 fully saturated rings. The summed E-state index contributed by atoms with van der Waals surface area (Å²) in [5.74, 6) is 4.66. The van der Waals surface area contributed by atoms with Crippen molar-refractivity contribution in [2.75, 3.05) is 45.2 Å². The van der Waals surface area contributed by atoms with E-state index in [0.717, 1.165) is 54.8 Å². The van der Waals surface area contributed by atoms with Gasteiger partial charge in [0.1, 0.15) is 12.1 Å². The van der Waals surface area contributed by atoms with E-state index in [9.17, 15) is 0 Å². The van der Waals surface area contributed by atoms with Gasteiger partial charge in [0.15, 0.2) is 11.5 Å². The summed E-state index contributed by atoms with van der Waals surface area (Å²) in [6, 6.07) is 11.7. The van der Waals surface area contributed by atoms with Crippen LogP contribution in [0.25, 0.3) is 10.9 Å². The first-order chi connectivity index (χ1) is 17.6. The molecule has 8 nitrogen and oxygen atoms in total. The lowest BCUT2D eigenvalue weighted by Crippen LogP contribution is -2.46. The quantitative estimate of drug-likeness (QED) is 0.383. The third kappa shape index (κ3) is 5.26. The summed E-state index contributed by atoms with van der Waals surface area (Å²) in [6.07, 6.45) is 12.2. The second kappa shape index (κ2) is 10.7. The van der Waals surface area contributed by atoms with Gasteiger partial charge in [0.05, 0.1) is 31.6 Å². The highest BCUT2D eigenvalue weighted by atomic mass is 16.5.